The lowest BCUT2D eigenvalue weighted by Gasteiger charge is -2.47. The maximum atomic E-state index is 14.5. The lowest BCUT2D eigenvalue weighted by atomic mass is 9.75. The summed E-state index contributed by atoms with van der Waals surface area (Å²) in [5.74, 6) is 0.679. The molecule has 3 aromatic carbocycles. The molecular formula is C32H34N4O6. The Morgan fingerprint density at radius 1 is 0.905 bits per heavy atom. The first-order valence-electron chi connectivity index (χ1n) is 14.5. The summed E-state index contributed by atoms with van der Waals surface area (Å²) in [5, 5.41) is 11.0. The number of carbonyl (C=O) groups excluding carboxylic acids is 2. The molecule has 2 amide bonds. The van der Waals surface area contributed by atoms with Crippen LogP contribution in [0.3, 0.4) is 0 Å². The largest absolute Gasteiger partial charge is 0.490 e. The van der Waals surface area contributed by atoms with Crippen LogP contribution in [-0.2, 0) is 11.2 Å². The van der Waals surface area contributed by atoms with Crippen LogP contribution in [0.2, 0.25) is 0 Å². The average Bonchev–Trinajstić information content (AvgIpc) is 3.01. The van der Waals surface area contributed by atoms with Crippen LogP contribution in [0.1, 0.15) is 52.9 Å². The SMILES string of the molecule is CCOc1cc2c(cc1OCC)C1C(C(=O)N3CCN(c4ccc([N+](=O)[O-])cc4)CC3)c3ccccc3C(=O)N1CC2. The van der Waals surface area contributed by atoms with Crippen LogP contribution in [0.4, 0.5) is 11.4 Å². The Bertz CT molecular complexity index is 1520. The van der Waals surface area contributed by atoms with Crippen LogP contribution in [0.25, 0.3) is 0 Å². The highest BCUT2D eigenvalue weighted by Crippen LogP contribution is 2.49. The summed E-state index contributed by atoms with van der Waals surface area (Å²) in [5.41, 5.74) is 4.27. The molecule has 218 valence electrons. The Hall–Kier alpha value is -4.60. The Morgan fingerprint density at radius 3 is 2.24 bits per heavy atom. The highest BCUT2D eigenvalue weighted by atomic mass is 16.6. The first-order valence-corrected chi connectivity index (χ1v) is 14.5. The summed E-state index contributed by atoms with van der Waals surface area (Å²) in [7, 11) is 0. The zero-order chi connectivity index (χ0) is 29.4. The summed E-state index contributed by atoms with van der Waals surface area (Å²) >= 11 is 0. The second kappa shape index (κ2) is 11.3. The molecule has 0 bridgehead atoms. The monoisotopic (exact) mass is 570 g/mol. The van der Waals surface area contributed by atoms with Crippen molar-refractivity contribution < 1.29 is 24.0 Å². The second-order valence-corrected chi connectivity index (χ2v) is 10.7. The Morgan fingerprint density at radius 2 is 1.57 bits per heavy atom. The summed E-state index contributed by atoms with van der Waals surface area (Å²) in [6.45, 7) is 7.58. The number of fused-ring (bicyclic) bond motifs is 4. The molecular weight excluding hydrogens is 536 g/mol. The van der Waals surface area contributed by atoms with Crippen LogP contribution in [-0.4, -0.2) is 72.5 Å². The van der Waals surface area contributed by atoms with Gasteiger partial charge in [0.1, 0.15) is 0 Å². The summed E-state index contributed by atoms with van der Waals surface area (Å²) in [4.78, 5) is 44.7. The van der Waals surface area contributed by atoms with Gasteiger partial charge in [-0.3, -0.25) is 19.7 Å². The minimum absolute atomic E-state index is 0.00649. The van der Waals surface area contributed by atoms with Crippen LogP contribution in [0.15, 0.2) is 60.7 Å². The maximum Gasteiger partial charge on any atom is 0.269 e. The van der Waals surface area contributed by atoms with Crippen molar-refractivity contribution in [3.63, 3.8) is 0 Å². The zero-order valence-corrected chi connectivity index (χ0v) is 23.8. The molecule has 1 saturated heterocycles. The van der Waals surface area contributed by atoms with Gasteiger partial charge in [0.2, 0.25) is 5.91 Å². The molecule has 0 spiro atoms. The van der Waals surface area contributed by atoms with E-state index in [1.54, 1.807) is 12.1 Å². The maximum absolute atomic E-state index is 14.5. The number of amides is 2. The fourth-order valence-electron chi connectivity index (χ4n) is 6.50. The van der Waals surface area contributed by atoms with E-state index >= 15 is 0 Å². The molecule has 0 saturated carbocycles. The number of hydrogen-bond acceptors (Lipinski definition) is 7. The Labute approximate surface area is 244 Å². The quantitative estimate of drug-likeness (QED) is 0.303. The average molecular weight is 571 g/mol. The van der Waals surface area contributed by atoms with E-state index in [2.05, 4.69) is 4.90 Å². The fourth-order valence-corrected chi connectivity index (χ4v) is 6.50. The third-order valence-corrected chi connectivity index (χ3v) is 8.47. The van der Waals surface area contributed by atoms with E-state index in [4.69, 9.17) is 9.47 Å². The van der Waals surface area contributed by atoms with E-state index in [1.165, 1.54) is 12.1 Å². The summed E-state index contributed by atoms with van der Waals surface area (Å²) < 4.78 is 11.8. The number of anilines is 1. The number of nitro benzene ring substituents is 1. The van der Waals surface area contributed by atoms with Gasteiger partial charge in [-0.05, 0) is 67.3 Å². The third-order valence-electron chi connectivity index (χ3n) is 8.47. The van der Waals surface area contributed by atoms with E-state index < -0.39 is 16.9 Å². The van der Waals surface area contributed by atoms with Gasteiger partial charge in [0.05, 0.1) is 30.1 Å². The van der Waals surface area contributed by atoms with Gasteiger partial charge in [0.25, 0.3) is 11.6 Å². The van der Waals surface area contributed by atoms with Gasteiger partial charge in [0, 0.05) is 56.1 Å². The van der Waals surface area contributed by atoms with Gasteiger partial charge >= 0.3 is 0 Å². The molecule has 1 fully saturated rings. The Kier molecular flexibility index (Phi) is 7.45. The lowest BCUT2D eigenvalue weighted by molar-refractivity contribution is -0.384. The normalized spacial score (nSPS) is 19.5. The lowest BCUT2D eigenvalue weighted by Crippen LogP contribution is -2.54. The Balaban J connectivity index is 1.33. The number of piperazine rings is 1. The number of benzene rings is 3. The van der Waals surface area contributed by atoms with Gasteiger partial charge < -0.3 is 24.2 Å². The van der Waals surface area contributed by atoms with Gasteiger partial charge in [-0.1, -0.05) is 18.2 Å². The number of ether oxygens (including phenoxy) is 2. The van der Waals surface area contributed by atoms with Crippen molar-refractivity contribution in [1.82, 2.24) is 9.80 Å². The van der Waals surface area contributed by atoms with Crippen molar-refractivity contribution in [2.24, 2.45) is 0 Å². The standard InChI is InChI=1S/C32H34N4O6/c1-3-41-27-19-21-13-14-35-30(26(21)20-28(27)42-4-2)29(24-7-5-6-8-25(24)31(35)37)32(38)34-17-15-33(16-18-34)22-9-11-23(12-10-22)36(39)40/h5-12,19-20,29-30H,3-4,13-18H2,1-2H3. The third kappa shape index (κ3) is 4.80. The molecule has 42 heavy (non-hydrogen) atoms. The number of carbonyl (C=O) groups is 2. The predicted octanol–water partition coefficient (Wildman–Crippen LogP) is 4.58. The first kappa shape index (κ1) is 27.6. The van der Waals surface area contributed by atoms with Crippen molar-refractivity contribution in [3.05, 3.63) is 93.0 Å². The second-order valence-electron chi connectivity index (χ2n) is 10.7. The molecule has 6 rings (SSSR count). The molecule has 0 N–H and O–H groups in total. The number of non-ortho nitro benzene ring substituents is 1. The van der Waals surface area contributed by atoms with Crippen LogP contribution in [0, 0.1) is 10.1 Å². The predicted molar refractivity (Wildman–Crippen MR) is 157 cm³/mol. The highest BCUT2D eigenvalue weighted by molar-refractivity contribution is 6.01. The molecule has 0 radical (unpaired) electrons. The molecule has 10 heteroatoms. The van der Waals surface area contributed by atoms with Crippen molar-refractivity contribution in [2.45, 2.75) is 32.2 Å². The molecule has 0 aromatic heterocycles. The van der Waals surface area contributed by atoms with E-state index in [0.717, 1.165) is 22.4 Å². The van der Waals surface area contributed by atoms with Gasteiger partial charge in [-0.15, -0.1) is 0 Å². The summed E-state index contributed by atoms with van der Waals surface area (Å²) in [6.07, 6.45) is 0.668. The van der Waals surface area contributed by atoms with Gasteiger partial charge in [-0.2, -0.15) is 0 Å². The van der Waals surface area contributed by atoms with Crippen molar-refractivity contribution >= 4 is 23.2 Å². The topological polar surface area (TPSA) is 105 Å². The molecule has 10 nitrogen and oxygen atoms in total. The molecule has 2 atom stereocenters. The number of nitro groups is 1. The number of rotatable bonds is 7. The van der Waals surface area contributed by atoms with Crippen molar-refractivity contribution in [1.29, 1.82) is 0 Å². The van der Waals surface area contributed by atoms with Crippen LogP contribution in [0.5, 0.6) is 11.5 Å². The molecule has 3 heterocycles. The van der Waals surface area contributed by atoms with Crippen LogP contribution < -0.4 is 14.4 Å². The van der Waals surface area contributed by atoms with Gasteiger partial charge in [-0.25, -0.2) is 0 Å². The highest BCUT2D eigenvalue weighted by Gasteiger charge is 2.48. The zero-order valence-electron chi connectivity index (χ0n) is 23.8. The minimum atomic E-state index is -0.559. The van der Waals surface area contributed by atoms with Crippen molar-refractivity contribution in [3.8, 4) is 11.5 Å². The van der Waals surface area contributed by atoms with Crippen molar-refractivity contribution in [2.75, 3.05) is 50.8 Å². The fraction of sp³-hybridized carbons (Fsp3) is 0.375. The van der Waals surface area contributed by atoms with Gasteiger partial charge in [0.15, 0.2) is 11.5 Å². The smallest absolute Gasteiger partial charge is 0.269 e. The number of nitrogens with zero attached hydrogens (tertiary/aromatic N) is 4. The molecule has 2 unspecified atom stereocenters. The minimum Gasteiger partial charge on any atom is -0.490 e. The molecule has 0 aliphatic carbocycles. The van der Waals surface area contributed by atoms with E-state index in [0.29, 0.717) is 69.4 Å². The van der Waals surface area contributed by atoms with E-state index in [9.17, 15) is 19.7 Å². The number of hydrogen-bond donors (Lipinski definition) is 0. The molecule has 3 aliphatic rings. The molecule has 3 aliphatic heterocycles. The molecule has 3 aromatic rings. The van der Waals surface area contributed by atoms with E-state index in [1.807, 2.05) is 60.0 Å². The van der Waals surface area contributed by atoms with Crippen LogP contribution >= 0.6 is 0 Å². The van der Waals surface area contributed by atoms with E-state index in [-0.39, 0.29) is 17.5 Å². The first-order chi connectivity index (χ1) is 20.4. The summed E-state index contributed by atoms with van der Waals surface area (Å²) in [6, 6.07) is 17.5.